The highest BCUT2D eigenvalue weighted by Gasteiger charge is 2.17. The van der Waals surface area contributed by atoms with Crippen LogP contribution in [0.4, 0.5) is 0 Å². The molecule has 0 aromatic heterocycles. The number of rotatable bonds is 2. The molecule has 0 bridgehead atoms. The Labute approximate surface area is 100 Å². The molecule has 0 radical (unpaired) electrons. The Morgan fingerprint density at radius 1 is 1.00 bits per heavy atom. The smallest absolute Gasteiger partial charge is 0.252 e. The number of halogens is 2. The molecule has 1 aromatic carbocycles. The van der Waals surface area contributed by atoms with Gasteiger partial charge in [0.25, 0.3) is 5.24 Å². The zero-order chi connectivity index (χ0) is 11.7. The number of benzene rings is 1. The first-order valence-electron chi connectivity index (χ1n) is 4.76. The largest absolute Gasteiger partial charge is 0.276 e. The van der Waals surface area contributed by atoms with Crippen molar-refractivity contribution in [3.05, 3.63) is 33.4 Å². The van der Waals surface area contributed by atoms with Gasteiger partial charge in [-0.25, -0.2) is 0 Å². The highest BCUT2D eigenvalue weighted by atomic mass is 35.5. The molecule has 1 nitrogen and oxygen atoms in total. The van der Waals surface area contributed by atoms with Crippen molar-refractivity contribution in [2.45, 2.75) is 33.6 Å². The summed E-state index contributed by atoms with van der Waals surface area (Å²) in [4.78, 5) is 11.3. The third-order valence-corrected chi connectivity index (χ3v) is 3.57. The average molecular weight is 245 g/mol. The van der Waals surface area contributed by atoms with E-state index in [1.165, 1.54) is 0 Å². The predicted octanol–water partition coefficient (Wildman–Crippen LogP) is 4.04. The second-order valence-corrected chi connectivity index (χ2v) is 4.37. The molecule has 3 heteroatoms. The summed E-state index contributed by atoms with van der Waals surface area (Å²) in [6.45, 7) is 7.77. The zero-order valence-corrected chi connectivity index (χ0v) is 10.9. The molecule has 0 aliphatic heterocycles. The molecule has 0 saturated heterocycles. The molecule has 15 heavy (non-hydrogen) atoms. The highest BCUT2D eigenvalue weighted by molar-refractivity contribution is 6.68. The van der Waals surface area contributed by atoms with Crippen LogP contribution in [-0.4, -0.2) is 5.24 Å². The van der Waals surface area contributed by atoms with Gasteiger partial charge >= 0.3 is 0 Å². The van der Waals surface area contributed by atoms with Crippen molar-refractivity contribution in [1.29, 1.82) is 0 Å². The van der Waals surface area contributed by atoms with Crippen molar-refractivity contribution < 1.29 is 4.79 Å². The quantitative estimate of drug-likeness (QED) is 0.567. The summed E-state index contributed by atoms with van der Waals surface area (Å²) in [5.41, 5.74) is 5.74. The van der Waals surface area contributed by atoms with Crippen molar-refractivity contribution in [1.82, 2.24) is 0 Å². The molecule has 1 aromatic rings. The first kappa shape index (κ1) is 12.5. The molecular weight excluding hydrogens is 231 g/mol. The Bertz CT molecular complexity index is 393. The van der Waals surface area contributed by atoms with Gasteiger partial charge in [0.2, 0.25) is 0 Å². The number of carbonyl (C=O) groups excluding carboxylic acids is 1. The zero-order valence-electron chi connectivity index (χ0n) is 9.37. The number of alkyl halides is 1. The maximum atomic E-state index is 11.3. The van der Waals surface area contributed by atoms with Crippen molar-refractivity contribution >= 4 is 28.4 Å². The van der Waals surface area contributed by atoms with Crippen LogP contribution in [-0.2, 0) is 5.88 Å². The van der Waals surface area contributed by atoms with Crippen LogP contribution in [0.25, 0.3) is 0 Å². The lowest BCUT2D eigenvalue weighted by molar-refractivity contribution is 0.108. The molecule has 0 saturated carbocycles. The molecule has 0 heterocycles. The van der Waals surface area contributed by atoms with Crippen LogP contribution < -0.4 is 0 Å². The maximum absolute atomic E-state index is 11.3. The SMILES string of the molecule is Cc1c(C)c(C(=O)Cl)c(C)c(C)c1CCl. The highest BCUT2D eigenvalue weighted by Crippen LogP contribution is 2.28. The second-order valence-electron chi connectivity index (χ2n) is 3.76. The standard InChI is InChI=1S/C12H14Cl2O/c1-6-8(3)11(12(14)15)9(4)7(2)10(6)5-13/h5H2,1-4H3. The minimum Gasteiger partial charge on any atom is -0.276 e. The number of carbonyl (C=O) groups is 1. The first-order chi connectivity index (χ1) is 6.91. The van der Waals surface area contributed by atoms with Crippen LogP contribution in [0.5, 0.6) is 0 Å². The minimum absolute atomic E-state index is 0.391. The molecule has 0 amide bonds. The van der Waals surface area contributed by atoms with Crippen molar-refractivity contribution in [3.63, 3.8) is 0 Å². The van der Waals surface area contributed by atoms with Crippen LogP contribution in [0, 0.1) is 27.7 Å². The molecule has 0 N–H and O–H groups in total. The second kappa shape index (κ2) is 4.54. The van der Waals surface area contributed by atoms with Crippen LogP contribution in [0.15, 0.2) is 0 Å². The van der Waals surface area contributed by atoms with Gasteiger partial charge in [-0.05, 0) is 67.1 Å². The molecule has 0 aliphatic rings. The van der Waals surface area contributed by atoms with Gasteiger partial charge in [0.1, 0.15) is 0 Å². The number of hydrogen-bond acceptors (Lipinski definition) is 1. The van der Waals surface area contributed by atoms with Gasteiger partial charge in [-0.1, -0.05) is 0 Å². The van der Waals surface area contributed by atoms with Crippen molar-refractivity contribution in [3.8, 4) is 0 Å². The molecular formula is C12H14Cl2O. The van der Waals surface area contributed by atoms with Crippen molar-refractivity contribution in [2.24, 2.45) is 0 Å². The first-order valence-corrected chi connectivity index (χ1v) is 5.68. The molecule has 1 rings (SSSR count). The summed E-state index contributed by atoms with van der Waals surface area (Å²) in [7, 11) is 0. The van der Waals surface area contributed by atoms with E-state index in [0.717, 1.165) is 27.8 Å². The van der Waals surface area contributed by atoms with Crippen molar-refractivity contribution in [2.75, 3.05) is 0 Å². The summed E-state index contributed by atoms with van der Waals surface area (Å²) in [5, 5.41) is -0.391. The lowest BCUT2D eigenvalue weighted by atomic mass is 9.90. The van der Waals surface area contributed by atoms with Gasteiger partial charge in [0.05, 0.1) is 0 Å². The van der Waals surface area contributed by atoms with E-state index >= 15 is 0 Å². The van der Waals surface area contributed by atoms with E-state index in [-0.39, 0.29) is 0 Å². The van der Waals surface area contributed by atoms with Gasteiger partial charge < -0.3 is 0 Å². The summed E-state index contributed by atoms with van der Waals surface area (Å²) in [6.07, 6.45) is 0. The Kier molecular flexibility index (Phi) is 3.80. The van der Waals surface area contributed by atoms with E-state index in [1.807, 2.05) is 27.7 Å². The molecule has 0 unspecified atom stereocenters. The molecule has 82 valence electrons. The van der Waals surface area contributed by atoms with Gasteiger partial charge in [0.15, 0.2) is 0 Å². The van der Waals surface area contributed by atoms with E-state index < -0.39 is 5.24 Å². The van der Waals surface area contributed by atoms with Gasteiger partial charge in [-0.3, -0.25) is 4.79 Å². The summed E-state index contributed by atoms with van der Waals surface area (Å²) < 4.78 is 0. The van der Waals surface area contributed by atoms with E-state index in [2.05, 4.69) is 0 Å². The summed E-state index contributed by atoms with van der Waals surface area (Å²) in [5.74, 6) is 0.468. The lowest BCUT2D eigenvalue weighted by Crippen LogP contribution is -2.06. The van der Waals surface area contributed by atoms with Crippen LogP contribution >= 0.6 is 23.2 Å². The molecule has 0 aliphatic carbocycles. The fourth-order valence-electron chi connectivity index (χ4n) is 1.89. The van der Waals surface area contributed by atoms with Gasteiger partial charge in [0, 0.05) is 11.4 Å². The average Bonchev–Trinajstić information content (AvgIpc) is 2.16. The minimum atomic E-state index is -0.391. The Morgan fingerprint density at radius 3 is 1.67 bits per heavy atom. The van der Waals surface area contributed by atoms with E-state index in [0.29, 0.717) is 11.4 Å². The fourth-order valence-corrected chi connectivity index (χ4v) is 2.57. The molecule has 0 fully saturated rings. The summed E-state index contributed by atoms with van der Waals surface area (Å²) in [6, 6.07) is 0. The maximum Gasteiger partial charge on any atom is 0.252 e. The monoisotopic (exact) mass is 244 g/mol. The lowest BCUT2D eigenvalue weighted by Gasteiger charge is -2.16. The normalized spacial score (nSPS) is 10.5. The van der Waals surface area contributed by atoms with Gasteiger partial charge in [-0.2, -0.15) is 0 Å². The van der Waals surface area contributed by atoms with Crippen LogP contribution in [0.3, 0.4) is 0 Å². The van der Waals surface area contributed by atoms with E-state index in [9.17, 15) is 4.79 Å². The third kappa shape index (κ3) is 2.04. The molecule has 0 spiro atoms. The van der Waals surface area contributed by atoms with Crippen LogP contribution in [0.1, 0.15) is 38.2 Å². The Morgan fingerprint density at radius 2 is 1.40 bits per heavy atom. The molecule has 0 atom stereocenters. The fraction of sp³-hybridized carbons (Fsp3) is 0.417. The predicted molar refractivity (Wildman–Crippen MR) is 65.1 cm³/mol. The number of hydrogen-bond donors (Lipinski definition) is 0. The van der Waals surface area contributed by atoms with Crippen LogP contribution in [0.2, 0.25) is 0 Å². The third-order valence-electron chi connectivity index (χ3n) is 3.11. The topological polar surface area (TPSA) is 17.1 Å². The van der Waals surface area contributed by atoms with E-state index in [1.54, 1.807) is 0 Å². The Balaban J connectivity index is 3.66. The Hall–Kier alpha value is -0.530. The van der Waals surface area contributed by atoms with Gasteiger partial charge in [-0.15, -0.1) is 11.6 Å². The van der Waals surface area contributed by atoms with E-state index in [4.69, 9.17) is 23.2 Å². The summed E-state index contributed by atoms with van der Waals surface area (Å²) >= 11 is 11.5.